The number of piperidine rings is 1. The second kappa shape index (κ2) is 8.97. The fraction of sp³-hybridized carbons (Fsp3) is 0.650. The van der Waals surface area contributed by atoms with Gasteiger partial charge < -0.3 is 9.80 Å². The lowest BCUT2D eigenvalue weighted by molar-refractivity contribution is -0.136. The first kappa shape index (κ1) is 17.9. The van der Waals surface area contributed by atoms with Gasteiger partial charge in [-0.05, 0) is 31.6 Å². The fourth-order valence-corrected chi connectivity index (χ4v) is 4.16. The van der Waals surface area contributed by atoms with Crippen molar-refractivity contribution in [3.05, 3.63) is 31.2 Å². The molecular formula is C20H30N4O. The van der Waals surface area contributed by atoms with Crippen LogP contribution in [-0.4, -0.2) is 47.0 Å². The van der Waals surface area contributed by atoms with Crippen molar-refractivity contribution in [2.45, 2.75) is 44.9 Å². The van der Waals surface area contributed by atoms with Crippen molar-refractivity contribution in [1.29, 1.82) is 0 Å². The van der Waals surface area contributed by atoms with Gasteiger partial charge in [-0.15, -0.1) is 6.58 Å². The van der Waals surface area contributed by atoms with E-state index in [0.717, 1.165) is 38.3 Å². The van der Waals surface area contributed by atoms with Gasteiger partial charge in [0.2, 0.25) is 5.91 Å². The maximum atomic E-state index is 13.0. The lowest BCUT2D eigenvalue weighted by atomic mass is 9.88. The molecule has 0 radical (unpaired) electrons. The summed E-state index contributed by atoms with van der Waals surface area (Å²) < 4.78 is 0. The Kier molecular flexibility index (Phi) is 6.42. The van der Waals surface area contributed by atoms with Crippen molar-refractivity contribution in [3.63, 3.8) is 0 Å². The number of amides is 1. The largest absolute Gasteiger partial charge is 0.355 e. The minimum atomic E-state index is 0.136. The van der Waals surface area contributed by atoms with Gasteiger partial charge in [-0.2, -0.15) is 0 Å². The summed E-state index contributed by atoms with van der Waals surface area (Å²) in [5, 5.41) is 0. The van der Waals surface area contributed by atoms with Crippen molar-refractivity contribution < 1.29 is 4.79 Å². The fourth-order valence-electron chi connectivity index (χ4n) is 4.16. The number of hydrogen-bond donors (Lipinski definition) is 0. The van der Waals surface area contributed by atoms with E-state index >= 15 is 0 Å². The van der Waals surface area contributed by atoms with Gasteiger partial charge in [0.25, 0.3) is 0 Å². The van der Waals surface area contributed by atoms with E-state index in [1.165, 1.54) is 32.1 Å². The molecule has 25 heavy (non-hydrogen) atoms. The number of nitrogens with zero attached hydrogens (tertiary/aromatic N) is 4. The average molecular weight is 342 g/mol. The lowest BCUT2D eigenvalue weighted by Crippen LogP contribution is -2.44. The maximum absolute atomic E-state index is 13.0. The van der Waals surface area contributed by atoms with Crippen molar-refractivity contribution in [3.8, 4) is 0 Å². The topological polar surface area (TPSA) is 49.3 Å². The van der Waals surface area contributed by atoms with E-state index in [9.17, 15) is 4.79 Å². The summed E-state index contributed by atoms with van der Waals surface area (Å²) in [6.07, 6.45) is 15.4. The van der Waals surface area contributed by atoms with E-state index < -0.39 is 0 Å². The second-order valence-electron chi connectivity index (χ2n) is 7.36. The average Bonchev–Trinajstić information content (AvgIpc) is 2.69. The number of hydrogen-bond acceptors (Lipinski definition) is 4. The zero-order valence-corrected chi connectivity index (χ0v) is 15.1. The van der Waals surface area contributed by atoms with Gasteiger partial charge in [0.05, 0.1) is 6.20 Å². The van der Waals surface area contributed by atoms with E-state index in [0.29, 0.717) is 18.4 Å². The van der Waals surface area contributed by atoms with Gasteiger partial charge in [0, 0.05) is 44.5 Å². The molecule has 1 aromatic rings. The number of carbonyl (C=O) groups excluding carboxylic acids is 1. The van der Waals surface area contributed by atoms with E-state index in [1.807, 2.05) is 6.08 Å². The molecule has 2 fully saturated rings. The molecule has 0 atom stereocenters. The van der Waals surface area contributed by atoms with Crippen LogP contribution in [0.3, 0.4) is 0 Å². The summed E-state index contributed by atoms with van der Waals surface area (Å²) >= 11 is 0. The third kappa shape index (κ3) is 4.80. The van der Waals surface area contributed by atoms with E-state index in [2.05, 4.69) is 26.3 Å². The smallest absolute Gasteiger partial charge is 0.226 e. The number of aromatic nitrogens is 2. The monoisotopic (exact) mass is 342 g/mol. The van der Waals surface area contributed by atoms with E-state index in [4.69, 9.17) is 0 Å². The summed E-state index contributed by atoms with van der Waals surface area (Å²) in [5.41, 5.74) is 0. The van der Waals surface area contributed by atoms with Crippen LogP contribution >= 0.6 is 0 Å². The van der Waals surface area contributed by atoms with Crippen LogP contribution in [0.15, 0.2) is 31.2 Å². The Bertz CT molecular complexity index is 548. The Morgan fingerprint density at radius 2 is 1.96 bits per heavy atom. The highest BCUT2D eigenvalue weighted by Crippen LogP contribution is 2.27. The Labute approximate surface area is 151 Å². The summed E-state index contributed by atoms with van der Waals surface area (Å²) in [5.74, 6) is 2.05. The zero-order chi connectivity index (χ0) is 17.5. The Hall–Kier alpha value is -1.91. The summed E-state index contributed by atoms with van der Waals surface area (Å²) in [7, 11) is 0. The van der Waals surface area contributed by atoms with Crippen molar-refractivity contribution in [2.75, 3.05) is 31.1 Å². The Morgan fingerprint density at radius 1 is 1.20 bits per heavy atom. The standard InChI is InChI=1S/C20H30N4O/c1-2-12-24(16-17-6-4-3-5-7-17)20(25)18-8-13-23(14-9-18)19-15-21-10-11-22-19/h2,10-11,15,17-18H,1,3-9,12-14,16H2. The molecule has 0 spiro atoms. The minimum Gasteiger partial charge on any atom is -0.355 e. The molecule has 1 saturated carbocycles. The van der Waals surface area contributed by atoms with Crippen LogP contribution in [0.5, 0.6) is 0 Å². The van der Waals surface area contributed by atoms with Gasteiger partial charge in [-0.25, -0.2) is 4.98 Å². The highest BCUT2D eigenvalue weighted by atomic mass is 16.2. The predicted molar refractivity (Wildman–Crippen MR) is 100 cm³/mol. The first-order valence-corrected chi connectivity index (χ1v) is 9.68. The first-order chi connectivity index (χ1) is 12.3. The molecule has 1 aliphatic carbocycles. The minimum absolute atomic E-state index is 0.136. The highest BCUT2D eigenvalue weighted by Gasteiger charge is 2.30. The molecule has 3 rings (SSSR count). The Balaban J connectivity index is 1.54. The Morgan fingerprint density at radius 3 is 2.60 bits per heavy atom. The third-order valence-corrected chi connectivity index (χ3v) is 5.58. The van der Waals surface area contributed by atoms with Gasteiger partial charge in [0.1, 0.15) is 5.82 Å². The van der Waals surface area contributed by atoms with Crippen molar-refractivity contribution in [2.24, 2.45) is 11.8 Å². The van der Waals surface area contributed by atoms with E-state index in [1.54, 1.807) is 18.6 Å². The van der Waals surface area contributed by atoms with Gasteiger partial charge in [0.15, 0.2) is 0 Å². The molecule has 1 saturated heterocycles. The van der Waals surface area contributed by atoms with Crippen LogP contribution in [0.1, 0.15) is 44.9 Å². The second-order valence-corrected chi connectivity index (χ2v) is 7.36. The SMILES string of the molecule is C=CCN(CC1CCCCC1)C(=O)C1CCN(c2cnccn2)CC1. The normalized spacial score (nSPS) is 19.6. The molecule has 1 amide bonds. The number of anilines is 1. The molecule has 1 aliphatic heterocycles. The summed E-state index contributed by atoms with van der Waals surface area (Å²) in [6.45, 7) is 7.20. The van der Waals surface area contributed by atoms with Gasteiger partial charge >= 0.3 is 0 Å². The maximum Gasteiger partial charge on any atom is 0.226 e. The molecule has 0 N–H and O–H groups in total. The first-order valence-electron chi connectivity index (χ1n) is 9.68. The van der Waals surface area contributed by atoms with Crippen LogP contribution < -0.4 is 4.90 Å². The highest BCUT2D eigenvalue weighted by molar-refractivity contribution is 5.79. The summed E-state index contributed by atoms with van der Waals surface area (Å²) in [4.78, 5) is 25.8. The molecule has 1 aromatic heterocycles. The number of carbonyl (C=O) groups is 1. The number of rotatable bonds is 6. The van der Waals surface area contributed by atoms with Crippen LogP contribution in [-0.2, 0) is 4.79 Å². The molecule has 5 nitrogen and oxygen atoms in total. The third-order valence-electron chi connectivity index (χ3n) is 5.58. The van der Waals surface area contributed by atoms with Crippen molar-refractivity contribution >= 4 is 11.7 Å². The molecule has 136 valence electrons. The molecule has 0 bridgehead atoms. The van der Waals surface area contributed by atoms with Crippen LogP contribution in [0, 0.1) is 11.8 Å². The molecule has 0 aromatic carbocycles. The van der Waals surface area contributed by atoms with Crippen LogP contribution in [0.2, 0.25) is 0 Å². The molecular weight excluding hydrogens is 312 g/mol. The molecule has 2 aliphatic rings. The lowest BCUT2D eigenvalue weighted by Gasteiger charge is -2.36. The quantitative estimate of drug-likeness (QED) is 0.745. The van der Waals surface area contributed by atoms with Crippen molar-refractivity contribution in [1.82, 2.24) is 14.9 Å². The van der Waals surface area contributed by atoms with Crippen LogP contribution in [0.4, 0.5) is 5.82 Å². The summed E-state index contributed by atoms with van der Waals surface area (Å²) in [6, 6.07) is 0. The zero-order valence-electron chi connectivity index (χ0n) is 15.1. The predicted octanol–water partition coefficient (Wildman–Crippen LogP) is 3.29. The molecule has 5 heteroatoms. The molecule has 2 heterocycles. The molecule has 0 unspecified atom stereocenters. The van der Waals surface area contributed by atoms with Gasteiger partial charge in [-0.3, -0.25) is 9.78 Å². The van der Waals surface area contributed by atoms with Gasteiger partial charge in [-0.1, -0.05) is 25.3 Å². The van der Waals surface area contributed by atoms with Crippen LogP contribution in [0.25, 0.3) is 0 Å². The van der Waals surface area contributed by atoms with E-state index in [-0.39, 0.29) is 5.92 Å².